The fourth-order valence-electron chi connectivity index (χ4n) is 5.58. The summed E-state index contributed by atoms with van der Waals surface area (Å²) < 4.78 is 0. The second kappa shape index (κ2) is 14.5. The van der Waals surface area contributed by atoms with E-state index in [1.807, 2.05) is 30.3 Å². The van der Waals surface area contributed by atoms with Crippen LogP contribution in [0.5, 0.6) is 5.75 Å². The number of para-hydroxylation sites is 1. The lowest BCUT2D eigenvalue weighted by Crippen LogP contribution is -2.58. The minimum atomic E-state index is -1.23. The molecule has 0 spiro atoms. The number of phenols is 1. The standard InChI is InChI=1S/C34H37N5O6/c40-24-14-12-22(13-15-24)17-28(37-31(41)27-11-6-16-35-27)32(42)38-29(19-23-20-36-26-10-5-4-9-25(23)26)33(43)39-30(34(44)45)18-21-7-2-1-3-8-21/h1-5,7-10,12-15,20,27-30,35-36,40H,6,11,16-19H2,(H,37,41)(H,38,42)(H,39,43)(H,44,45). The lowest BCUT2D eigenvalue weighted by Gasteiger charge is -2.25. The zero-order valence-electron chi connectivity index (χ0n) is 24.7. The molecule has 11 heteroatoms. The van der Waals surface area contributed by atoms with Crippen molar-refractivity contribution in [3.8, 4) is 5.75 Å². The fourth-order valence-corrected chi connectivity index (χ4v) is 5.58. The van der Waals surface area contributed by atoms with Crippen LogP contribution in [0.15, 0.2) is 85.1 Å². The van der Waals surface area contributed by atoms with Crippen LogP contribution in [-0.2, 0) is 38.4 Å². The van der Waals surface area contributed by atoms with Crippen LogP contribution >= 0.6 is 0 Å². The van der Waals surface area contributed by atoms with Crippen molar-refractivity contribution < 1.29 is 29.4 Å². The summed E-state index contributed by atoms with van der Waals surface area (Å²) in [7, 11) is 0. The summed E-state index contributed by atoms with van der Waals surface area (Å²) in [5, 5.41) is 31.9. The van der Waals surface area contributed by atoms with E-state index in [1.165, 1.54) is 12.1 Å². The Bertz CT molecular complexity index is 1630. The number of amides is 3. The highest BCUT2D eigenvalue weighted by Gasteiger charge is 2.32. The number of phenolic OH excluding ortho intramolecular Hbond substituents is 1. The number of carbonyl (C=O) groups is 4. The number of fused-ring (bicyclic) bond motifs is 1. The molecule has 7 N–H and O–H groups in total. The van der Waals surface area contributed by atoms with Crippen LogP contribution in [0, 0.1) is 0 Å². The fraction of sp³-hybridized carbons (Fsp3) is 0.294. The zero-order valence-corrected chi connectivity index (χ0v) is 24.7. The van der Waals surface area contributed by atoms with Gasteiger partial charge in [0, 0.05) is 36.4 Å². The van der Waals surface area contributed by atoms with Crippen molar-refractivity contribution in [2.45, 2.75) is 56.3 Å². The summed E-state index contributed by atoms with van der Waals surface area (Å²) >= 11 is 0. The second-order valence-corrected chi connectivity index (χ2v) is 11.3. The molecule has 4 unspecified atom stereocenters. The van der Waals surface area contributed by atoms with E-state index in [1.54, 1.807) is 42.6 Å². The molecule has 1 aromatic heterocycles. The van der Waals surface area contributed by atoms with Crippen LogP contribution in [0.25, 0.3) is 10.9 Å². The van der Waals surface area contributed by atoms with Crippen molar-refractivity contribution in [2.24, 2.45) is 0 Å². The summed E-state index contributed by atoms with van der Waals surface area (Å²) in [6.07, 6.45) is 3.48. The predicted octanol–water partition coefficient (Wildman–Crippen LogP) is 2.19. The highest BCUT2D eigenvalue weighted by atomic mass is 16.4. The van der Waals surface area contributed by atoms with Crippen molar-refractivity contribution in [1.29, 1.82) is 0 Å². The first-order valence-electron chi connectivity index (χ1n) is 15.0. The van der Waals surface area contributed by atoms with Gasteiger partial charge >= 0.3 is 5.97 Å². The van der Waals surface area contributed by atoms with Gasteiger partial charge in [-0.2, -0.15) is 0 Å². The molecule has 1 fully saturated rings. The molecular formula is C34H37N5O6. The Kier molecular flexibility index (Phi) is 10.1. The molecule has 1 aliphatic rings. The molecule has 1 saturated heterocycles. The average Bonchev–Trinajstić information content (AvgIpc) is 3.72. The van der Waals surface area contributed by atoms with Gasteiger partial charge in [-0.05, 0) is 54.3 Å². The van der Waals surface area contributed by atoms with E-state index in [4.69, 9.17) is 0 Å². The van der Waals surface area contributed by atoms with Crippen LogP contribution in [0.4, 0.5) is 0 Å². The number of carbonyl (C=O) groups excluding carboxylic acids is 3. The van der Waals surface area contributed by atoms with Crippen LogP contribution in [0.1, 0.15) is 29.5 Å². The maximum atomic E-state index is 13.9. The third kappa shape index (κ3) is 8.27. The largest absolute Gasteiger partial charge is 0.508 e. The third-order valence-corrected chi connectivity index (χ3v) is 8.02. The Morgan fingerprint density at radius 3 is 2.07 bits per heavy atom. The highest BCUT2D eigenvalue weighted by Crippen LogP contribution is 2.20. The maximum absolute atomic E-state index is 13.9. The highest BCUT2D eigenvalue weighted by molar-refractivity contribution is 5.95. The number of nitrogens with one attached hydrogen (secondary N) is 5. The number of carboxylic acids is 1. The van der Waals surface area contributed by atoms with Gasteiger partial charge in [0.1, 0.15) is 23.9 Å². The van der Waals surface area contributed by atoms with Gasteiger partial charge in [-0.1, -0.05) is 60.7 Å². The van der Waals surface area contributed by atoms with Gasteiger partial charge in [0.15, 0.2) is 0 Å². The monoisotopic (exact) mass is 611 g/mol. The molecule has 5 rings (SSSR count). The topological polar surface area (TPSA) is 173 Å². The second-order valence-electron chi connectivity index (χ2n) is 11.3. The number of aromatic hydroxyl groups is 1. The van der Waals surface area contributed by atoms with E-state index in [2.05, 4.69) is 26.3 Å². The Morgan fingerprint density at radius 1 is 0.756 bits per heavy atom. The number of aromatic amines is 1. The molecule has 11 nitrogen and oxygen atoms in total. The molecule has 234 valence electrons. The zero-order chi connectivity index (χ0) is 31.8. The Morgan fingerprint density at radius 2 is 1.38 bits per heavy atom. The Hall–Kier alpha value is -5.16. The van der Waals surface area contributed by atoms with Crippen LogP contribution in [-0.4, -0.2) is 69.6 Å². The maximum Gasteiger partial charge on any atom is 0.326 e. The van der Waals surface area contributed by atoms with E-state index >= 15 is 0 Å². The number of hydrogen-bond donors (Lipinski definition) is 7. The normalized spacial score (nSPS) is 16.4. The van der Waals surface area contributed by atoms with Gasteiger partial charge in [0.2, 0.25) is 17.7 Å². The molecule has 0 bridgehead atoms. The predicted molar refractivity (Wildman–Crippen MR) is 168 cm³/mol. The number of hydrogen-bond acceptors (Lipinski definition) is 6. The minimum Gasteiger partial charge on any atom is -0.508 e. The van der Waals surface area contributed by atoms with Gasteiger partial charge in [-0.15, -0.1) is 0 Å². The molecule has 0 saturated carbocycles. The number of benzene rings is 3. The number of carboxylic acid groups (broad SMARTS) is 1. The molecular weight excluding hydrogens is 574 g/mol. The number of H-pyrrole nitrogens is 1. The van der Waals surface area contributed by atoms with Gasteiger partial charge in [-0.3, -0.25) is 14.4 Å². The summed E-state index contributed by atoms with van der Waals surface area (Å²) in [4.78, 5) is 56.1. The molecule has 4 aromatic rings. The Labute approximate surface area is 260 Å². The molecule has 1 aliphatic heterocycles. The van der Waals surface area contributed by atoms with E-state index in [-0.39, 0.29) is 30.9 Å². The molecule has 4 atom stereocenters. The number of aromatic nitrogens is 1. The van der Waals surface area contributed by atoms with Gasteiger partial charge < -0.3 is 36.5 Å². The molecule has 2 heterocycles. The van der Waals surface area contributed by atoms with Crippen LogP contribution < -0.4 is 21.3 Å². The van der Waals surface area contributed by atoms with Crippen molar-refractivity contribution >= 4 is 34.6 Å². The molecule has 3 aromatic carbocycles. The van der Waals surface area contributed by atoms with E-state index < -0.39 is 42.0 Å². The van der Waals surface area contributed by atoms with Crippen LogP contribution in [0.2, 0.25) is 0 Å². The van der Waals surface area contributed by atoms with Crippen molar-refractivity contribution in [3.63, 3.8) is 0 Å². The van der Waals surface area contributed by atoms with E-state index in [0.717, 1.165) is 28.5 Å². The smallest absolute Gasteiger partial charge is 0.326 e. The first kappa shape index (κ1) is 31.3. The molecule has 45 heavy (non-hydrogen) atoms. The van der Waals surface area contributed by atoms with Crippen molar-refractivity contribution in [3.05, 3.63) is 102 Å². The quantitative estimate of drug-likeness (QED) is 0.121. The third-order valence-electron chi connectivity index (χ3n) is 8.02. The van der Waals surface area contributed by atoms with Crippen molar-refractivity contribution in [2.75, 3.05) is 6.54 Å². The number of rotatable bonds is 13. The lowest BCUT2D eigenvalue weighted by atomic mass is 10.0. The van der Waals surface area contributed by atoms with Crippen LogP contribution in [0.3, 0.4) is 0 Å². The van der Waals surface area contributed by atoms with Gasteiger partial charge in [0.05, 0.1) is 6.04 Å². The summed E-state index contributed by atoms with van der Waals surface area (Å²) in [6.45, 7) is 0.702. The van der Waals surface area contributed by atoms with Gasteiger partial charge in [-0.25, -0.2) is 4.79 Å². The number of aliphatic carboxylic acids is 1. The summed E-state index contributed by atoms with van der Waals surface area (Å²) in [6, 6.07) is 19.0. The summed E-state index contributed by atoms with van der Waals surface area (Å²) in [5.74, 6) is -2.71. The molecule has 3 amide bonds. The first-order chi connectivity index (χ1) is 21.8. The molecule has 0 aliphatic carbocycles. The van der Waals surface area contributed by atoms with Gasteiger partial charge in [0.25, 0.3) is 0 Å². The minimum absolute atomic E-state index is 0.0591. The van der Waals surface area contributed by atoms with Crippen molar-refractivity contribution in [1.82, 2.24) is 26.3 Å². The van der Waals surface area contributed by atoms with E-state index in [0.29, 0.717) is 18.5 Å². The van der Waals surface area contributed by atoms with E-state index in [9.17, 15) is 29.4 Å². The first-order valence-corrected chi connectivity index (χ1v) is 15.0. The molecule has 0 radical (unpaired) electrons. The SMILES string of the molecule is O=C(O)C(Cc1ccccc1)NC(=O)C(Cc1c[nH]c2ccccc12)NC(=O)C(Cc1ccc(O)cc1)NC(=O)C1CCCN1. The Balaban J connectivity index is 1.40. The lowest BCUT2D eigenvalue weighted by molar-refractivity contribution is -0.142. The average molecular weight is 612 g/mol. The summed E-state index contributed by atoms with van der Waals surface area (Å²) in [5.41, 5.74) is 3.04.